The lowest BCUT2D eigenvalue weighted by Gasteiger charge is -2.11. The maximum Gasteiger partial charge on any atom is 0.241 e. The molecule has 0 fully saturated rings. The zero-order valence-electron chi connectivity index (χ0n) is 10.4. The fraction of sp³-hybridized carbons (Fsp3) is 0.286. The van der Waals surface area contributed by atoms with Crippen LogP contribution in [0.15, 0.2) is 36.5 Å². The second kappa shape index (κ2) is 5.60. The van der Waals surface area contributed by atoms with Gasteiger partial charge in [-0.2, -0.15) is 0 Å². The molecule has 1 aromatic carbocycles. The van der Waals surface area contributed by atoms with Crippen molar-refractivity contribution in [2.75, 3.05) is 5.32 Å². The number of carbonyl (C=O) groups excluding carboxylic acids is 1. The maximum atomic E-state index is 11.8. The van der Waals surface area contributed by atoms with Crippen LogP contribution in [-0.2, 0) is 4.79 Å². The highest BCUT2D eigenvalue weighted by Gasteiger charge is 2.12. The average molecular weight is 243 g/mol. The quantitative estimate of drug-likeness (QED) is 0.865. The lowest BCUT2D eigenvalue weighted by atomic mass is 10.1. The number of hydrogen-bond acceptors (Lipinski definition) is 3. The summed E-state index contributed by atoms with van der Waals surface area (Å²) in [6.45, 7) is 2.00. The molecule has 1 atom stereocenters. The van der Waals surface area contributed by atoms with E-state index in [2.05, 4.69) is 10.3 Å². The van der Waals surface area contributed by atoms with Crippen LogP contribution in [0, 0.1) is 0 Å². The fourth-order valence-corrected chi connectivity index (χ4v) is 1.82. The van der Waals surface area contributed by atoms with Gasteiger partial charge in [0.15, 0.2) is 0 Å². The first-order chi connectivity index (χ1) is 8.70. The van der Waals surface area contributed by atoms with Gasteiger partial charge in [-0.25, -0.2) is 0 Å². The van der Waals surface area contributed by atoms with Crippen molar-refractivity contribution < 1.29 is 4.79 Å². The van der Waals surface area contributed by atoms with E-state index < -0.39 is 6.04 Å². The Bertz CT molecular complexity index is 553. The van der Waals surface area contributed by atoms with Crippen LogP contribution < -0.4 is 11.1 Å². The molecule has 0 aliphatic rings. The minimum absolute atomic E-state index is 0.158. The van der Waals surface area contributed by atoms with Crippen molar-refractivity contribution in [1.29, 1.82) is 0 Å². The summed E-state index contributed by atoms with van der Waals surface area (Å²) < 4.78 is 0. The van der Waals surface area contributed by atoms with Crippen molar-refractivity contribution in [2.24, 2.45) is 5.73 Å². The number of carbonyl (C=O) groups is 1. The number of hydrogen-bond donors (Lipinski definition) is 2. The molecule has 0 aliphatic carbocycles. The van der Waals surface area contributed by atoms with E-state index in [1.807, 2.05) is 37.3 Å². The van der Waals surface area contributed by atoms with Gasteiger partial charge in [0, 0.05) is 5.39 Å². The van der Waals surface area contributed by atoms with Gasteiger partial charge in [0.1, 0.15) is 0 Å². The molecule has 0 saturated carbocycles. The second-order valence-electron chi connectivity index (χ2n) is 4.30. The molecule has 1 aromatic heterocycles. The summed E-state index contributed by atoms with van der Waals surface area (Å²) >= 11 is 0. The molecule has 94 valence electrons. The van der Waals surface area contributed by atoms with E-state index in [1.165, 1.54) is 0 Å². The smallest absolute Gasteiger partial charge is 0.241 e. The van der Waals surface area contributed by atoms with Crippen LogP contribution in [0.25, 0.3) is 10.9 Å². The van der Waals surface area contributed by atoms with E-state index in [0.717, 1.165) is 17.3 Å². The van der Waals surface area contributed by atoms with Crippen LogP contribution in [0.1, 0.15) is 19.8 Å². The standard InChI is InChI=1S/C14H17N3O/c1-2-5-12(15)14(18)17-11-8-10-6-3-4-7-13(10)16-9-11/h3-4,6-9,12H,2,5,15H2,1H3,(H,17,18)/t12-/m0/s1. The maximum absolute atomic E-state index is 11.8. The van der Waals surface area contributed by atoms with Gasteiger partial charge in [-0.05, 0) is 18.6 Å². The lowest BCUT2D eigenvalue weighted by Crippen LogP contribution is -2.35. The van der Waals surface area contributed by atoms with Gasteiger partial charge in [0.2, 0.25) is 5.91 Å². The number of para-hydroxylation sites is 1. The highest BCUT2D eigenvalue weighted by Crippen LogP contribution is 2.16. The van der Waals surface area contributed by atoms with Crippen LogP contribution in [0.3, 0.4) is 0 Å². The number of aromatic nitrogens is 1. The molecule has 4 nitrogen and oxygen atoms in total. The number of benzene rings is 1. The number of nitrogens with one attached hydrogen (secondary N) is 1. The lowest BCUT2D eigenvalue weighted by molar-refractivity contribution is -0.117. The molecular weight excluding hydrogens is 226 g/mol. The zero-order chi connectivity index (χ0) is 13.0. The molecule has 0 bridgehead atoms. The molecule has 1 amide bonds. The van der Waals surface area contributed by atoms with Crippen molar-refractivity contribution in [3.8, 4) is 0 Å². The van der Waals surface area contributed by atoms with Gasteiger partial charge >= 0.3 is 0 Å². The summed E-state index contributed by atoms with van der Waals surface area (Å²) in [4.78, 5) is 16.1. The molecule has 1 heterocycles. The Morgan fingerprint density at radius 2 is 2.22 bits per heavy atom. The monoisotopic (exact) mass is 243 g/mol. The molecule has 0 spiro atoms. The molecule has 2 aromatic rings. The van der Waals surface area contributed by atoms with E-state index >= 15 is 0 Å². The van der Waals surface area contributed by atoms with Gasteiger partial charge < -0.3 is 11.1 Å². The number of nitrogens with two attached hydrogens (primary N) is 1. The van der Waals surface area contributed by atoms with Crippen LogP contribution in [-0.4, -0.2) is 16.9 Å². The topological polar surface area (TPSA) is 68.0 Å². The SMILES string of the molecule is CCC[C@H](N)C(=O)Nc1cnc2ccccc2c1. The largest absolute Gasteiger partial charge is 0.323 e. The summed E-state index contributed by atoms with van der Waals surface area (Å²) in [6.07, 6.45) is 3.23. The highest BCUT2D eigenvalue weighted by molar-refractivity contribution is 5.96. The van der Waals surface area contributed by atoms with Gasteiger partial charge in [-0.1, -0.05) is 31.5 Å². The first kappa shape index (κ1) is 12.5. The van der Waals surface area contributed by atoms with E-state index in [1.54, 1.807) is 6.20 Å². The van der Waals surface area contributed by atoms with Gasteiger partial charge in [0.05, 0.1) is 23.4 Å². The predicted octanol–water partition coefficient (Wildman–Crippen LogP) is 2.30. The number of anilines is 1. The minimum atomic E-state index is -0.457. The third kappa shape index (κ3) is 2.84. The third-order valence-electron chi connectivity index (χ3n) is 2.79. The van der Waals surface area contributed by atoms with Crippen LogP contribution >= 0.6 is 0 Å². The Morgan fingerprint density at radius 3 is 3.00 bits per heavy atom. The first-order valence-corrected chi connectivity index (χ1v) is 6.12. The van der Waals surface area contributed by atoms with Crippen molar-refractivity contribution in [1.82, 2.24) is 4.98 Å². The highest BCUT2D eigenvalue weighted by atomic mass is 16.2. The van der Waals surface area contributed by atoms with Crippen LogP contribution in [0.4, 0.5) is 5.69 Å². The number of pyridine rings is 1. The Labute approximate surface area is 106 Å². The number of fused-ring (bicyclic) bond motifs is 1. The zero-order valence-corrected chi connectivity index (χ0v) is 10.4. The second-order valence-corrected chi connectivity index (χ2v) is 4.30. The molecule has 0 aliphatic heterocycles. The summed E-state index contributed by atoms with van der Waals surface area (Å²) in [5.41, 5.74) is 7.35. The number of nitrogens with zero attached hydrogens (tertiary/aromatic N) is 1. The molecule has 0 radical (unpaired) electrons. The van der Waals surface area contributed by atoms with E-state index in [9.17, 15) is 4.79 Å². The van der Waals surface area contributed by atoms with E-state index in [0.29, 0.717) is 12.1 Å². The van der Waals surface area contributed by atoms with E-state index in [-0.39, 0.29) is 5.91 Å². The van der Waals surface area contributed by atoms with Gasteiger partial charge in [-0.15, -0.1) is 0 Å². The van der Waals surface area contributed by atoms with E-state index in [4.69, 9.17) is 5.73 Å². The molecule has 3 N–H and O–H groups in total. The molecule has 2 rings (SSSR count). The number of amides is 1. The van der Waals surface area contributed by atoms with Crippen molar-refractivity contribution >= 4 is 22.5 Å². The normalized spacial score (nSPS) is 12.3. The fourth-order valence-electron chi connectivity index (χ4n) is 1.82. The molecule has 0 saturated heterocycles. The summed E-state index contributed by atoms with van der Waals surface area (Å²) in [6, 6.07) is 9.22. The molecule has 0 unspecified atom stereocenters. The molecule has 18 heavy (non-hydrogen) atoms. The number of rotatable bonds is 4. The van der Waals surface area contributed by atoms with Crippen molar-refractivity contribution in [3.05, 3.63) is 36.5 Å². The van der Waals surface area contributed by atoms with Gasteiger partial charge in [0.25, 0.3) is 0 Å². The average Bonchev–Trinajstić information content (AvgIpc) is 2.39. The Morgan fingerprint density at radius 1 is 1.44 bits per heavy atom. The Balaban J connectivity index is 2.14. The summed E-state index contributed by atoms with van der Waals surface area (Å²) in [7, 11) is 0. The molecular formula is C14H17N3O. The summed E-state index contributed by atoms with van der Waals surface area (Å²) in [5.74, 6) is -0.158. The molecule has 4 heteroatoms. The Hall–Kier alpha value is -1.94. The van der Waals surface area contributed by atoms with Gasteiger partial charge in [-0.3, -0.25) is 9.78 Å². The summed E-state index contributed by atoms with van der Waals surface area (Å²) in [5, 5.41) is 3.79. The van der Waals surface area contributed by atoms with Crippen molar-refractivity contribution in [2.45, 2.75) is 25.8 Å². The Kier molecular flexibility index (Phi) is 3.89. The van der Waals surface area contributed by atoms with Crippen LogP contribution in [0.5, 0.6) is 0 Å². The third-order valence-corrected chi connectivity index (χ3v) is 2.79. The predicted molar refractivity (Wildman–Crippen MR) is 73.3 cm³/mol. The van der Waals surface area contributed by atoms with Crippen LogP contribution in [0.2, 0.25) is 0 Å². The van der Waals surface area contributed by atoms with Crippen molar-refractivity contribution in [3.63, 3.8) is 0 Å². The minimum Gasteiger partial charge on any atom is -0.323 e. The first-order valence-electron chi connectivity index (χ1n) is 6.12.